The molecule has 5 heteroatoms. The fraction of sp³-hybridized carbons (Fsp3) is 0.412. The standard InChI is InChI=1S/C17H20N2O3/c1-17(2)12-19(16(20)21)11-10-13(17)6-4-7-14-8-5-9-15(18-14)22-3/h5-6,8-9H,10-12H2,1-3H3,(H,20,21)/b13-6+. The first-order valence-corrected chi connectivity index (χ1v) is 7.12. The van der Waals surface area contributed by atoms with Gasteiger partial charge in [-0.25, -0.2) is 9.78 Å². The zero-order chi connectivity index (χ0) is 16.2. The van der Waals surface area contributed by atoms with E-state index in [0.29, 0.717) is 31.1 Å². The molecule has 0 atom stereocenters. The fourth-order valence-electron chi connectivity index (χ4n) is 2.48. The van der Waals surface area contributed by atoms with Gasteiger partial charge in [0.15, 0.2) is 0 Å². The van der Waals surface area contributed by atoms with Crippen molar-refractivity contribution in [3.8, 4) is 17.7 Å². The van der Waals surface area contributed by atoms with Crippen molar-refractivity contribution in [2.45, 2.75) is 20.3 Å². The summed E-state index contributed by atoms with van der Waals surface area (Å²) in [5, 5.41) is 9.09. The van der Waals surface area contributed by atoms with Crippen molar-refractivity contribution in [1.82, 2.24) is 9.88 Å². The molecule has 5 nitrogen and oxygen atoms in total. The van der Waals surface area contributed by atoms with E-state index < -0.39 is 6.09 Å². The van der Waals surface area contributed by atoms with E-state index in [-0.39, 0.29) is 5.41 Å². The van der Waals surface area contributed by atoms with Gasteiger partial charge in [-0.3, -0.25) is 0 Å². The highest BCUT2D eigenvalue weighted by Crippen LogP contribution is 2.33. The van der Waals surface area contributed by atoms with E-state index in [1.807, 2.05) is 32.1 Å². The van der Waals surface area contributed by atoms with Gasteiger partial charge in [-0.15, -0.1) is 0 Å². The fourth-order valence-corrected chi connectivity index (χ4v) is 2.48. The highest BCUT2D eigenvalue weighted by molar-refractivity contribution is 5.65. The number of amides is 1. The minimum absolute atomic E-state index is 0.201. The van der Waals surface area contributed by atoms with Crippen molar-refractivity contribution in [3.05, 3.63) is 35.5 Å². The van der Waals surface area contributed by atoms with Gasteiger partial charge in [-0.2, -0.15) is 0 Å². The number of hydrogen-bond acceptors (Lipinski definition) is 3. The molecule has 1 fully saturated rings. The topological polar surface area (TPSA) is 62.7 Å². The number of piperidine rings is 1. The molecule has 0 spiro atoms. The number of methoxy groups -OCH3 is 1. The third-order valence-corrected chi connectivity index (χ3v) is 3.76. The smallest absolute Gasteiger partial charge is 0.407 e. The molecule has 0 aliphatic carbocycles. The Bertz CT molecular complexity index is 653. The zero-order valence-electron chi connectivity index (χ0n) is 13.1. The predicted octanol–water partition coefficient (Wildman–Crippen LogP) is 2.78. The SMILES string of the molecule is COc1cccc(C#C/C=C2\CCN(C(=O)O)CC2(C)C)n1. The predicted molar refractivity (Wildman–Crippen MR) is 83.7 cm³/mol. The van der Waals surface area contributed by atoms with Crippen molar-refractivity contribution in [2.24, 2.45) is 5.41 Å². The highest BCUT2D eigenvalue weighted by Gasteiger charge is 2.32. The number of pyridine rings is 1. The van der Waals surface area contributed by atoms with E-state index in [1.165, 1.54) is 10.5 Å². The highest BCUT2D eigenvalue weighted by atomic mass is 16.5. The Hall–Kier alpha value is -2.48. The number of likely N-dealkylation sites (tertiary alicyclic amines) is 1. The zero-order valence-corrected chi connectivity index (χ0v) is 13.1. The molecule has 2 heterocycles. The lowest BCUT2D eigenvalue weighted by molar-refractivity contribution is 0.117. The van der Waals surface area contributed by atoms with Gasteiger partial charge in [-0.05, 0) is 24.5 Å². The van der Waals surface area contributed by atoms with Gasteiger partial charge < -0.3 is 14.7 Å². The van der Waals surface area contributed by atoms with Crippen molar-refractivity contribution >= 4 is 6.09 Å². The van der Waals surface area contributed by atoms with Crippen LogP contribution < -0.4 is 4.74 Å². The molecule has 1 N–H and O–H groups in total. The quantitative estimate of drug-likeness (QED) is 0.810. The summed E-state index contributed by atoms with van der Waals surface area (Å²) >= 11 is 0. The van der Waals surface area contributed by atoms with Crippen LogP contribution in [0.4, 0.5) is 4.79 Å². The minimum Gasteiger partial charge on any atom is -0.481 e. The molecular weight excluding hydrogens is 280 g/mol. The van der Waals surface area contributed by atoms with E-state index in [0.717, 1.165) is 0 Å². The first-order valence-electron chi connectivity index (χ1n) is 7.12. The summed E-state index contributed by atoms with van der Waals surface area (Å²) in [6, 6.07) is 5.44. The van der Waals surface area contributed by atoms with Gasteiger partial charge in [-0.1, -0.05) is 31.4 Å². The summed E-state index contributed by atoms with van der Waals surface area (Å²) < 4.78 is 5.06. The second-order valence-electron chi connectivity index (χ2n) is 5.84. The van der Waals surface area contributed by atoms with Crippen LogP contribution in [-0.2, 0) is 0 Å². The lowest BCUT2D eigenvalue weighted by atomic mass is 9.79. The van der Waals surface area contributed by atoms with Crippen LogP contribution >= 0.6 is 0 Å². The maximum atomic E-state index is 11.1. The molecule has 1 amide bonds. The van der Waals surface area contributed by atoms with E-state index >= 15 is 0 Å². The summed E-state index contributed by atoms with van der Waals surface area (Å²) in [6.45, 7) is 5.09. The van der Waals surface area contributed by atoms with E-state index in [4.69, 9.17) is 9.84 Å². The number of carbonyl (C=O) groups is 1. The Morgan fingerprint density at radius 1 is 1.50 bits per heavy atom. The molecule has 1 aliphatic heterocycles. The van der Waals surface area contributed by atoms with Crippen molar-refractivity contribution < 1.29 is 14.6 Å². The summed E-state index contributed by atoms with van der Waals surface area (Å²) in [6.07, 6.45) is 1.73. The monoisotopic (exact) mass is 300 g/mol. The third kappa shape index (κ3) is 3.79. The molecule has 2 rings (SSSR count). The maximum Gasteiger partial charge on any atom is 0.407 e. The van der Waals surface area contributed by atoms with Gasteiger partial charge in [0.2, 0.25) is 5.88 Å². The lowest BCUT2D eigenvalue weighted by Crippen LogP contribution is -2.44. The Kier molecular flexibility index (Phi) is 4.71. The number of ether oxygens (including phenoxy) is 1. The van der Waals surface area contributed by atoms with Crippen LogP contribution in [0.1, 0.15) is 26.0 Å². The average Bonchev–Trinajstić information content (AvgIpc) is 2.48. The number of aromatic nitrogens is 1. The maximum absolute atomic E-state index is 11.1. The molecule has 22 heavy (non-hydrogen) atoms. The molecular formula is C17H20N2O3. The summed E-state index contributed by atoms with van der Waals surface area (Å²) in [5.74, 6) is 6.55. The minimum atomic E-state index is -0.862. The van der Waals surface area contributed by atoms with E-state index in [9.17, 15) is 4.79 Å². The molecule has 0 aromatic carbocycles. The van der Waals surface area contributed by atoms with Gasteiger partial charge in [0.05, 0.1) is 7.11 Å². The molecule has 116 valence electrons. The van der Waals surface area contributed by atoms with E-state index in [1.54, 1.807) is 13.2 Å². The number of allylic oxidation sites excluding steroid dienone is 1. The molecule has 0 radical (unpaired) electrons. The van der Waals surface area contributed by atoms with Crippen LogP contribution in [0.15, 0.2) is 29.8 Å². The average molecular weight is 300 g/mol. The molecule has 1 aromatic rings. The van der Waals surface area contributed by atoms with Crippen molar-refractivity contribution in [1.29, 1.82) is 0 Å². The van der Waals surface area contributed by atoms with Crippen LogP contribution in [0.25, 0.3) is 0 Å². The lowest BCUT2D eigenvalue weighted by Gasteiger charge is -2.38. The Morgan fingerprint density at radius 3 is 2.91 bits per heavy atom. The number of rotatable bonds is 1. The van der Waals surface area contributed by atoms with Crippen LogP contribution in [0, 0.1) is 17.3 Å². The van der Waals surface area contributed by atoms with Crippen LogP contribution in [0.3, 0.4) is 0 Å². The summed E-state index contributed by atoms with van der Waals surface area (Å²) in [7, 11) is 1.57. The third-order valence-electron chi connectivity index (χ3n) is 3.76. The molecule has 1 aliphatic rings. The van der Waals surface area contributed by atoms with Gasteiger partial charge in [0, 0.05) is 24.6 Å². The Labute approximate surface area is 130 Å². The van der Waals surface area contributed by atoms with E-state index in [2.05, 4.69) is 16.8 Å². The van der Waals surface area contributed by atoms with Crippen molar-refractivity contribution in [2.75, 3.05) is 20.2 Å². The van der Waals surface area contributed by atoms with Crippen LogP contribution in [0.5, 0.6) is 5.88 Å². The van der Waals surface area contributed by atoms with Gasteiger partial charge in [0.1, 0.15) is 5.69 Å². The molecule has 0 unspecified atom stereocenters. The second-order valence-corrected chi connectivity index (χ2v) is 5.84. The largest absolute Gasteiger partial charge is 0.481 e. The second kappa shape index (κ2) is 6.52. The normalized spacial score (nSPS) is 18.5. The van der Waals surface area contributed by atoms with Crippen LogP contribution in [-0.4, -0.2) is 41.3 Å². The first kappa shape index (κ1) is 15.9. The molecule has 1 aromatic heterocycles. The Morgan fingerprint density at radius 2 is 2.27 bits per heavy atom. The number of nitrogens with zero attached hydrogens (tertiary/aromatic N) is 2. The first-order chi connectivity index (χ1) is 10.4. The van der Waals surface area contributed by atoms with Gasteiger partial charge >= 0.3 is 6.09 Å². The summed E-state index contributed by atoms with van der Waals surface area (Å²) in [4.78, 5) is 16.8. The van der Waals surface area contributed by atoms with Gasteiger partial charge in [0.25, 0.3) is 0 Å². The summed E-state index contributed by atoms with van der Waals surface area (Å²) in [5.41, 5.74) is 1.62. The molecule has 0 bridgehead atoms. The van der Waals surface area contributed by atoms with Crippen molar-refractivity contribution in [3.63, 3.8) is 0 Å². The molecule has 1 saturated heterocycles. The Balaban J connectivity index is 2.13. The van der Waals surface area contributed by atoms with Crippen LogP contribution in [0.2, 0.25) is 0 Å². The number of carboxylic acid groups (broad SMARTS) is 1. The molecule has 0 saturated carbocycles. The number of hydrogen-bond donors (Lipinski definition) is 1.